The van der Waals surface area contributed by atoms with Crippen molar-refractivity contribution >= 4 is 21.6 Å². The highest BCUT2D eigenvalue weighted by molar-refractivity contribution is 7.21. The van der Waals surface area contributed by atoms with Crippen molar-refractivity contribution in [2.75, 3.05) is 0 Å². The average molecular weight is 324 g/mol. The van der Waals surface area contributed by atoms with Crippen molar-refractivity contribution < 1.29 is 0 Å². The normalized spacial score (nSPS) is 11.5. The Morgan fingerprint density at radius 1 is 0.652 bits per heavy atom. The average Bonchev–Trinajstić information content (AvgIpc) is 2.97. The fourth-order valence-electron chi connectivity index (χ4n) is 3.29. The van der Waals surface area contributed by atoms with Gasteiger partial charge in [-0.2, -0.15) is 0 Å². The van der Waals surface area contributed by atoms with E-state index in [1.54, 1.807) is 0 Å². The fraction of sp³-hybridized carbons (Fsp3) is 0.381. The predicted octanol–water partition coefficient (Wildman–Crippen LogP) is 6.43. The molecule has 0 N–H and O–H groups in total. The number of thiazole rings is 1. The van der Waals surface area contributed by atoms with Crippen molar-refractivity contribution in [3.63, 3.8) is 0 Å². The minimum atomic E-state index is 1.15. The van der Waals surface area contributed by atoms with E-state index in [4.69, 9.17) is 4.98 Å². The van der Waals surface area contributed by atoms with Crippen LogP contribution in [0.2, 0.25) is 0 Å². The maximum absolute atomic E-state index is 5.04. The SMILES string of the molecule is Cc1cc(-c2nc3c(C)c(C)c(C)c(C)c3s2)c(C)c(C)c1C. The first-order chi connectivity index (χ1) is 10.7. The van der Waals surface area contributed by atoms with Gasteiger partial charge in [0.15, 0.2) is 0 Å². The van der Waals surface area contributed by atoms with Crippen molar-refractivity contribution in [2.45, 2.75) is 55.4 Å². The first kappa shape index (κ1) is 16.2. The number of aryl methyl sites for hydroxylation is 3. The summed E-state index contributed by atoms with van der Waals surface area (Å²) in [5.74, 6) is 0. The maximum atomic E-state index is 5.04. The van der Waals surface area contributed by atoms with E-state index >= 15 is 0 Å². The Kier molecular flexibility index (Phi) is 3.84. The Hall–Kier alpha value is -1.67. The van der Waals surface area contributed by atoms with Crippen LogP contribution in [0.4, 0.5) is 0 Å². The molecule has 0 spiro atoms. The second-order valence-electron chi connectivity index (χ2n) is 6.81. The number of nitrogens with zero attached hydrogens (tertiary/aromatic N) is 1. The van der Waals surface area contributed by atoms with Crippen LogP contribution in [0.5, 0.6) is 0 Å². The van der Waals surface area contributed by atoms with Crippen molar-refractivity contribution in [3.05, 3.63) is 50.6 Å². The molecule has 0 saturated carbocycles. The summed E-state index contributed by atoms with van der Waals surface area (Å²) >= 11 is 1.84. The highest BCUT2D eigenvalue weighted by atomic mass is 32.1. The van der Waals surface area contributed by atoms with E-state index in [1.807, 2.05) is 11.3 Å². The van der Waals surface area contributed by atoms with Gasteiger partial charge in [-0.25, -0.2) is 4.98 Å². The topological polar surface area (TPSA) is 12.9 Å². The predicted molar refractivity (Wildman–Crippen MR) is 103 cm³/mol. The van der Waals surface area contributed by atoms with E-state index in [0.29, 0.717) is 0 Å². The third kappa shape index (κ3) is 2.31. The first-order valence-electron chi connectivity index (χ1n) is 8.18. The van der Waals surface area contributed by atoms with E-state index in [1.165, 1.54) is 60.3 Å². The monoisotopic (exact) mass is 323 g/mol. The molecular weight excluding hydrogens is 298 g/mol. The van der Waals surface area contributed by atoms with E-state index in [-0.39, 0.29) is 0 Å². The molecule has 0 fully saturated rings. The molecule has 0 aliphatic heterocycles. The first-order valence-corrected chi connectivity index (χ1v) is 9.00. The molecule has 1 aromatic heterocycles. The van der Waals surface area contributed by atoms with Crippen molar-refractivity contribution in [2.24, 2.45) is 0 Å². The molecule has 0 saturated heterocycles. The summed E-state index contributed by atoms with van der Waals surface area (Å²) in [6, 6.07) is 2.31. The van der Waals surface area contributed by atoms with Crippen LogP contribution in [0.25, 0.3) is 20.8 Å². The Morgan fingerprint density at radius 3 is 1.87 bits per heavy atom. The molecule has 23 heavy (non-hydrogen) atoms. The van der Waals surface area contributed by atoms with E-state index in [9.17, 15) is 0 Å². The second-order valence-corrected chi connectivity index (χ2v) is 7.81. The van der Waals surface area contributed by atoms with E-state index in [2.05, 4.69) is 61.5 Å². The number of aromatic nitrogens is 1. The summed E-state index contributed by atoms with van der Waals surface area (Å²) in [5, 5.41) is 1.15. The Bertz CT molecular complexity index is 900. The molecule has 0 amide bonds. The lowest BCUT2D eigenvalue weighted by atomic mass is 9.95. The van der Waals surface area contributed by atoms with Crippen LogP contribution in [0.15, 0.2) is 6.07 Å². The zero-order valence-electron chi connectivity index (χ0n) is 15.4. The summed E-state index contributed by atoms with van der Waals surface area (Å²) in [6.45, 7) is 17.7. The van der Waals surface area contributed by atoms with Gasteiger partial charge in [0.2, 0.25) is 0 Å². The Balaban J connectivity index is 2.36. The van der Waals surface area contributed by atoms with Crippen molar-refractivity contribution in [1.82, 2.24) is 4.98 Å². The summed E-state index contributed by atoms with van der Waals surface area (Å²) in [4.78, 5) is 5.04. The molecule has 0 atom stereocenters. The molecule has 0 unspecified atom stereocenters. The summed E-state index contributed by atoms with van der Waals surface area (Å²) < 4.78 is 1.34. The zero-order valence-corrected chi connectivity index (χ0v) is 16.2. The van der Waals surface area contributed by atoms with Crippen LogP contribution in [0, 0.1) is 55.4 Å². The van der Waals surface area contributed by atoms with Crippen LogP contribution in [0.3, 0.4) is 0 Å². The van der Waals surface area contributed by atoms with Gasteiger partial charge >= 0.3 is 0 Å². The van der Waals surface area contributed by atoms with Gasteiger partial charge in [0, 0.05) is 5.56 Å². The molecule has 0 bridgehead atoms. The van der Waals surface area contributed by atoms with Crippen LogP contribution >= 0.6 is 11.3 Å². The lowest BCUT2D eigenvalue weighted by Crippen LogP contribution is -1.94. The number of hydrogen-bond donors (Lipinski definition) is 0. The number of rotatable bonds is 1. The fourth-order valence-corrected chi connectivity index (χ4v) is 4.54. The Morgan fingerprint density at radius 2 is 1.22 bits per heavy atom. The van der Waals surface area contributed by atoms with Gasteiger partial charge in [0.1, 0.15) is 5.01 Å². The molecule has 0 aliphatic rings. The third-order valence-electron chi connectivity index (χ3n) is 5.72. The molecule has 120 valence electrons. The minimum absolute atomic E-state index is 1.15. The van der Waals surface area contributed by atoms with Crippen LogP contribution in [-0.2, 0) is 0 Å². The van der Waals surface area contributed by atoms with Gasteiger partial charge in [-0.1, -0.05) is 0 Å². The lowest BCUT2D eigenvalue weighted by molar-refractivity contribution is 1.21. The second kappa shape index (κ2) is 5.45. The van der Waals surface area contributed by atoms with Gasteiger partial charge in [-0.05, 0) is 106 Å². The smallest absolute Gasteiger partial charge is 0.124 e. The molecule has 3 aromatic rings. The highest BCUT2D eigenvalue weighted by Gasteiger charge is 2.17. The van der Waals surface area contributed by atoms with Crippen molar-refractivity contribution in [3.8, 4) is 10.6 Å². The molecular formula is C21H25NS. The summed E-state index contributed by atoms with van der Waals surface area (Å²) in [7, 11) is 0. The molecule has 1 heterocycles. The quantitative estimate of drug-likeness (QED) is 0.503. The highest BCUT2D eigenvalue weighted by Crippen LogP contribution is 2.39. The summed E-state index contributed by atoms with van der Waals surface area (Å²) in [5.41, 5.74) is 13.4. The molecule has 2 aromatic carbocycles. The number of fused-ring (bicyclic) bond motifs is 1. The third-order valence-corrected chi connectivity index (χ3v) is 6.93. The van der Waals surface area contributed by atoms with Gasteiger partial charge in [0.25, 0.3) is 0 Å². The molecule has 2 heteroatoms. The van der Waals surface area contributed by atoms with Crippen LogP contribution in [-0.4, -0.2) is 4.98 Å². The zero-order chi connectivity index (χ0) is 17.0. The molecule has 0 aliphatic carbocycles. The van der Waals surface area contributed by atoms with Crippen molar-refractivity contribution in [1.29, 1.82) is 0 Å². The van der Waals surface area contributed by atoms with Gasteiger partial charge in [-0.15, -0.1) is 11.3 Å². The lowest BCUT2D eigenvalue weighted by Gasteiger charge is -2.12. The largest absolute Gasteiger partial charge is 0.236 e. The van der Waals surface area contributed by atoms with E-state index in [0.717, 1.165) is 5.01 Å². The summed E-state index contributed by atoms with van der Waals surface area (Å²) in [6.07, 6.45) is 0. The van der Waals surface area contributed by atoms with Crippen LogP contribution < -0.4 is 0 Å². The van der Waals surface area contributed by atoms with Gasteiger partial charge < -0.3 is 0 Å². The van der Waals surface area contributed by atoms with E-state index < -0.39 is 0 Å². The molecule has 3 rings (SSSR count). The number of hydrogen-bond acceptors (Lipinski definition) is 2. The standard InChI is InChI=1S/C21H25NS/c1-10-9-18(15(6)12(3)11(10)2)21-22-19-16(7)13(4)14(5)17(8)20(19)23-21/h9H,1-8H3. The minimum Gasteiger partial charge on any atom is -0.236 e. The number of benzene rings is 2. The molecule has 0 radical (unpaired) electrons. The maximum Gasteiger partial charge on any atom is 0.124 e. The Labute approximate surface area is 143 Å². The van der Waals surface area contributed by atoms with Crippen LogP contribution in [0.1, 0.15) is 44.5 Å². The molecule has 1 nitrogen and oxygen atoms in total. The van der Waals surface area contributed by atoms with Gasteiger partial charge in [0.05, 0.1) is 10.2 Å². The van der Waals surface area contributed by atoms with Gasteiger partial charge in [-0.3, -0.25) is 0 Å².